The molecule has 2 N–H and O–H groups in total. The van der Waals surface area contributed by atoms with Gasteiger partial charge in [0.25, 0.3) is 0 Å². The Morgan fingerprint density at radius 3 is 2.50 bits per heavy atom. The molecule has 0 bridgehead atoms. The van der Waals surface area contributed by atoms with Gasteiger partial charge in [0.1, 0.15) is 5.82 Å². The Hall–Kier alpha value is -3.13. The Labute approximate surface area is 166 Å². The van der Waals surface area contributed by atoms with Gasteiger partial charge in [-0.15, -0.1) is 10.2 Å². The van der Waals surface area contributed by atoms with E-state index in [0.29, 0.717) is 18.1 Å². The van der Waals surface area contributed by atoms with Crippen LogP contribution in [0.3, 0.4) is 0 Å². The fourth-order valence-electron chi connectivity index (χ4n) is 2.75. The van der Waals surface area contributed by atoms with Gasteiger partial charge in [0.2, 0.25) is 5.91 Å². The van der Waals surface area contributed by atoms with Gasteiger partial charge in [0.15, 0.2) is 5.16 Å². The number of carbonyl (C=O) groups is 2. The first-order chi connectivity index (χ1) is 13.6. The monoisotopic (exact) mass is 396 g/mol. The van der Waals surface area contributed by atoms with Gasteiger partial charge in [-0.2, -0.15) is 0 Å². The lowest BCUT2D eigenvalue weighted by Gasteiger charge is -2.09. The predicted molar refractivity (Wildman–Crippen MR) is 108 cm³/mol. The van der Waals surface area contributed by atoms with Gasteiger partial charge in [-0.25, -0.2) is 4.79 Å². The fourth-order valence-corrected chi connectivity index (χ4v) is 3.57. The van der Waals surface area contributed by atoms with Crippen molar-refractivity contribution in [1.29, 1.82) is 0 Å². The Morgan fingerprint density at radius 1 is 1.07 bits per heavy atom. The molecule has 8 heteroatoms. The van der Waals surface area contributed by atoms with Crippen LogP contribution >= 0.6 is 11.8 Å². The topological polar surface area (TPSA) is 97.1 Å². The SMILES string of the molecule is CCn1c(Cc2ccccc2)nnc1SCC(=O)Nc1ccccc1C(=O)O. The van der Waals surface area contributed by atoms with Crippen molar-refractivity contribution in [2.24, 2.45) is 0 Å². The van der Waals surface area contributed by atoms with E-state index in [-0.39, 0.29) is 22.9 Å². The van der Waals surface area contributed by atoms with E-state index in [0.717, 1.165) is 11.4 Å². The van der Waals surface area contributed by atoms with E-state index in [9.17, 15) is 14.7 Å². The van der Waals surface area contributed by atoms with Crippen LogP contribution in [0.2, 0.25) is 0 Å². The van der Waals surface area contributed by atoms with Gasteiger partial charge >= 0.3 is 5.97 Å². The molecular formula is C20H20N4O3S. The molecular weight excluding hydrogens is 376 g/mol. The van der Waals surface area contributed by atoms with Crippen LogP contribution in [-0.2, 0) is 17.8 Å². The largest absolute Gasteiger partial charge is 0.478 e. The zero-order valence-electron chi connectivity index (χ0n) is 15.3. The Bertz CT molecular complexity index is 973. The summed E-state index contributed by atoms with van der Waals surface area (Å²) in [7, 11) is 0. The van der Waals surface area contributed by atoms with Crippen LogP contribution in [0.5, 0.6) is 0 Å². The van der Waals surface area contributed by atoms with Gasteiger partial charge < -0.3 is 15.0 Å². The number of carbonyl (C=O) groups excluding carboxylic acids is 1. The average molecular weight is 396 g/mol. The summed E-state index contributed by atoms with van der Waals surface area (Å²) in [6, 6.07) is 16.3. The van der Waals surface area contributed by atoms with Crippen molar-refractivity contribution in [1.82, 2.24) is 14.8 Å². The van der Waals surface area contributed by atoms with Gasteiger partial charge in [-0.05, 0) is 24.6 Å². The summed E-state index contributed by atoms with van der Waals surface area (Å²) in [6.07, 6.45) is 0.667. The highest BCUT2D eigenvalue weighted by Gasteiger charge is 2.15. The zero-order valence-corrected chi connectivity index (χ0v) is 16.1. The van der Waals surface area contributed by atoms with E-state index < -0.39 is 5.97 Å². The minimum Gasteiger partial charge on any atom is -0.478 e. The second-order valence-electron chi connectivity index (χ2n) is 5.99. The second-order valence-corrected chi connectivity index (χ2v) is 6.94. The lowest BCUT2D eigenvalue weighted by Crippen LogP contribution is -2.17. The number of hydrogen-bond acceptors (Lipinski definition) is 5. The third-order valence-electron chi connectivity index (χ3n) is 4.08. The van der Waals surface area contributed by atoms with Crippen molar-refractivity contribution in [2.75, 3.05) is 11.1 Å². The Kier molecular flexibility index (Phi) is 6.44. The number of rotatable bonds is 8. The number of benzene rings is 2. The number of carboxylic acids is 1. The number of hydrogen-bond donors (Lipinski definition) is 2. The summed E-state index contributed by atoms with van der Waals surface area (Å²) in [4.78, 5) is 23.5. The van der Waals surface area contributed by atoms with Crippen molar-refractivity contribution in [3.63, 3.8) is 0 Å². The Balaban J connectivity index is 1.65. The minimum atomic E-state index is -1.08. The summed E-state index contributed by atoms with van der Waals surface area (Å²) >= 11 is 1.27. The molecule has 7 nitrogen and oxygen atoms in total. The first kappa shape index (κ1) is 19.6. The van der Waals surface area contributed by atoms with Crippen molar-refractivity contribution >= 4 is 29.3 Å². The van der Waals surface area contributed by atoms with Crippen molar-refractivity contribution in [3.8, 4) is 0 Å². The van der Waals surface area contributed by atoms with Gasteiger partial charge in [-0.1, -0.05) is 54.2 Å². The third-order valence-corrected chi connectivity index (χ3v) is 5.05. The number of anilines is 1. The van der Waals surface area contributed by atoms with Crippen LogP contribution < -0.4 is 5.32 Å². The fraction of sp³-hybridized carbons (Fsp3) is 0.200. The van der Waals surface area contributed by atoms with Crippen molar-refractivity contribution in [2.45, 2.75) is 25.0 Å². The number of aromatic carboxylic acids is 1. The smallest absolute Gasteiger partial charge is 0.337 e. The number of amides is 1. The lowest BCUT2D eigenvalue weighted by molar-refractivity contribution is -0.113. The molecule has 0 aliphatic carbocycles. The highest BCUT2D eigenvalue weighted by Crippen LogP contribution is 2.20. The quantitative estimate of drug-likeness (QED) is 0.567. The maximum atomic E-state index is 12.3. The molecule has 2 aromatic carbocycles. The molecule has 144 valence electrons. The number of carboxylic acid groups (broad SMARTS) is 1. The van der Waals surface area contributed by atoms with Crippen LogP contribution in [0.25, 0.3) is 0 Å². The second kappa shape index (κ2) is 9.18. The molecule has 28 heavy (non-hydrogen) atoms. The summed E-state index contributed by atoms with van der Waals surface area (Å²) in [5.74, 6) is -0.432. The molecule has 0 saturated carbocycles. The summed E-state index contributed by atoms with van der Waals surface area (Å²) in [5, 5.41) is 21.0. The van der Waals surface area contributed by atoms with Crippen molar-refractivity contribution in [3.05, 3.63) is 71.5 Å². The average Bonchev–Trinajstić information content (AvgIpc) is 3.09. The van der Waals surface area contributed by atoms with Gasteiger partial charge in [0.05, 0.1) is 17.0 Å². The maximum absolute atomic E-state index is 12.3. The zero-order chi connectivity index (χ0) is 19.9. The van der Waals surface area contributed by atoms with E-state index in [4.69, 9.17) is 0 Å². The Morgan fingerprint density at radius 2 is 1.79 bits per heavy atom. The molecule has 1 heterocycles. The van der Waals surface area contributed by atoms with E-state index >= 15 is 0 Å². The molecule has 1 amide bonds. The molecule has 0 fully saturated rings. The molecule has 1 aromatic heterocycles. The first-order valence-corrected chi connectivity index (χ1v) is 9.78. The highest BCUT2D eigenvalue weighted by molar-refractivity contribution is 7.99. The molecule has 0 atom stereocenters. The van der Waals surface area contributed by atoms with Crippen LogP contribution in [0.4, 0.5) is 5.69 Å². The lowest BCUT2D eigenvalue weighted by atomic mass is 10.1. The highest BCUT2D eigenvalue weighted by atomic mass is 32.2. The van der Waals surface area contributed by atoms with Crippen molar-refractivity contribution < 1.29 is 14.7 Å². The van der Waals surface area contributed by atoms with E-state index in [1.807, 2.05) is 41.8 Å². The molecule has 3 rings (SSSR count). The first-order valence-electron chi connectivity index (χ1n) is 8.79. The number of thioether (sulfide) groups is 1. The number of aromatic nitrogens is 3. The van der Waals surface area contributed by atoms with E-state index in [1.54, 1.807) is 18.2 Å². The van der Waals surface area contributed by atoms with Crippen LogP contribution in [0.1, 0.15) is 28.7 Å². The predicted octanol–water partition coefficient (Wildman–Crippen LogP) is 3.32. The van der Waals surface area contributed by atoms with Crippen LogP contribution in [0, 0.1) is 0 Å². The van der Waals surface area contributed by atoms with Crippen LogP contribution in [0.15, 0.2) is 59.8 Å². The molecule has 3 aromatic rings. The number of para-hydroxylation sites is 1. The number of nitrogens with one attached hydrogen (secondary N) is 1. The normalized spacial score (nSPS) is 10.6. The minimum absolute atomic E-state index is 0.0581. The molecule has 0 aliphatic rings. The molecule has 0 aliphatic heterocycles. The molecule has 0 saturated heterocycles. The third kappa shape index (κ3) is 4.77. The maximum Gasteiger partial charge on any atom is 0.337 e. The van der Waals surface area contributed by atoms with Gasteiger partial charge in [0, 0.05) is 13.0 Å². The molecule has 0 radical (unpaired) electrons. The van der Waals surface area contributed by atoms with Gasteiger partial charge in [-0.3, -0.25) is 4.79 Å². The van der Waals surface area contributed by atoms with E-state index in [2.05, 4.69) is 15.5 Å². The molecule has 0 unspecified atom stereocenters. The summed E-state index contributed by atoms with van der Waals surface area (Å²) < 4.78 is 1.98. The summed E-state index contributed by atoms with van der Waals surface area (Å²) in [6.45, 7) is 2.70. The van der Waals surface area contributed by atoms with Crippen LogP contribution in [-0.4, -0.2) is 37.5 Å². The van der Waals surface area contributed by atoms with E-state index in [1.165, 1.54) is 17.8 Å². The number of nitrogens with zero attached hydrogens (tertiary/aromatic N) is 3. The standard InChI is InChI=1S/C20H20N4O3S/c1-2-24-17(12-14-8-4-3-5-9-14)22-23-20(24)28-13-18(25)21-16-11-7-6-10-15(16)19(26)27/h3-11H,2,12-13H2,1H3,(H,21,25)(H,26,27). The molecule has 0 spiro atoms. The summed E-state index contributed by atoms with van der Waals surface area (Å²) in [5.41, 5.74) is 1.48.